The minimum Gasteiger partial charge on any atom is -0.379 e. The molecule has 0 saturated carbocycles. The van der Waals surface area contributed by atoms with Gasteiger partial charge in [-0.2, -0.15) is 4.31 Å². The summed E-state index contributed by atoms with van der Waals surface area (Å²) in [5, 5.41) is 15.1. The first-order chi connectivity index (χ1) is 14.5. The number of anilines is 1. The summed E-state index contributed by atoms with van der Waals surface area (Å²) in [6.45, 7) is 1.77. The number of sulfonamides is 1. The van der Waals surface area contributed by atoms with Crippen LogP contribution in [0.25, 0.3) is 10.9 Å². The van der Waals surface area contributed by atoms with E-state index in [-0.39, 0.29) is 10.6 Å². The molecule has 1 saturated heterocycles. The second-order valence-corrected chi connectivity index (χ2v) is 8.74. The summed E-state index contributed by atoms with van der Waals surface area (Å²) in [6.07, 6.45) is 1.59. The Labute approximate surface area is 173 Å². The summed E-state index contributed by atoms with van der Waals surface area (Å²) >= 11 is 0. The molecule has 0 aliphatic carbocycles. The standard InChI is InChI=1S/C20H20N4O5S/c25-24(26)20-17-2-1-9-21-18(17)7-8-19(20)22-14-15-3-5-16(6-4-15)30(27,28)23-10-12-29-13-11-23/h1-9,22H,10-14H2. The molecule has 0 spiro atoms. The van der Waals surface area contributed by atoms with E-state index in [0.717, 1.165) is 5.56 Å². The summed E-state index contributed by atoms with van der Waals surface area (Å²) in [4.78, 5) is 15.6. The van der Waals surface area contributed by atoms with Crippen LogP contribution < -0.4 is 5.32 Å². The van der Waals surface area contributed by atoms with Crippen molar-refractivity contribution in [1.82, 2.24) is 9.29 Å². The number of hydrogen-bond donors (Lipinski definition) is 1. The van der Waals surface area contributed by atoms with Gasteiger partial charge in [-0.15, -0.1) is 0 Å². The van der Waals surface area contributed by atoms with E-state index in [1.807, 2.05) is 0 Å². The van der Waals surface area contributed by atoms with Gasteiger partial charge in [-0.3, -0.25) is 15.1 Å². The first-order valence-electron chi connectivity index (χ1n) is 9.39. The van der Waals surface area contributed by atoms with Crippen molar-refractivity contribution >= 4 is 32.3 Å². The number of nitro groups is 1. The number of nitro benzene ring substituents is 1. The molecule has 1 fully saturated rings. The van der Waals surface area contributed by atoms with Crippen molar-refractivity contribution in [3.8, 4) is 0 Å². The Bertz CT molecular complexity index is 1180. The Morgan fingerprint density at radius 1 is 1.10 bits per heavy atom. The topological polar surface area (TPSA) is 115 Å². The molecule has 30 heavy (non-hydrogen) atoms. The molecule has 2 aromatic carbocycles. The van der Waals surface area contributed by atoms with Gasteiger partial charge in [0.15, 0.2) is 0 Å². The van der Waals surface area contributed by atoms with Crippen LogP contribution in [0.5, 0.6) is 0 Å². The van der Waals surface area contributed by atoms with E-state index in [4.69, 9.17) is 4.74 Å². The lowest BCUT2D eigenvalue weighted by molar-refractivity contribution is -0.382. The Morgan fingerprint density at radius 2 is 1.83 bits per heavy atom. The number of ether oxygens (including phenoxy) is 1. The zero-order chi connectivity index (χ0) is 21.1. The highest BCUT2D eigenvalue weighted by molar-refractivity contribution is 7.89. The maximum Gasteiger partial charge on any atom is 0.301 e. The van der Waals surface area contributed by atoms with Crippen molar-refractivity contribution in [2.45, 2.75) is 11.4 Å². The van der Waals surface area contributed by atoms with Crippen LogP contribution >= 0.6 is 0 Å². The monoisotopic (exact) mass is 428 g/mol. The lowest BCUT2D eigenvalue weighted by atomic mass is 10.1. The molecule has 0 radical (unpaired) electrons. The van der Waals surface area contributed by atoms with Crippen molar-refractivity contribution in [3.05, 3.63) is 70.4 Å². The van der Waals surface area contributed by atoms with E-state index in [0.29, 0.717) is 49.4 Å². The summed E-state index contributed by atoms with van der Waals surface area (Å²) < 4.78 is 32.0. The predicted octanol–water partition coefficient (Wildman–Crippen LogP) is 2.78. The second kappa shape index (κ2) is 8.34. The minimum atomic E-state index is -3.55. The number of aromatic nitrogens is 1. The van der Waals surface area contributed by atoms with Crippen LogP contribution in [0.15, 0.2) is 59.6 Å². The third-order valence-electron chi connectivity index (χ3n) is 4.95. The van der Waals surface area contributed by atoms with Gasteiger partial charge in [0.05, 0.1) is 33.9 Å². The molecule has 10 heteroatoms. The summed E-state index contributed by atoms with van der Waals surface area (Å²) in [6, 6.07) is 13.2. The highest BCUT2D eigenvalue weighted by atomic mass is 32.2. The average molecular weight is 428 g/mol. The fourth-order valence-corrected chi connectivity index (χ4v) is 4.80. The van der Waals surface area contributed by atoms with Crippen molar-refractivity contribution in [2.24, 2.45) is 0 Å². The van der Waals surface area contributed by atoms with Crippen LogP contribution in [0.4, 0.5) is 11.4 Å². The Morgan fingerprint density at radius 3 is 2.53 bits per heavy atom. The molecule has 9 nitrogen and oxygen atoms in total. The molecule has 3 aromatic rings. The highest BCUT2D eigenvalue weighted by Crippen LogP contribution is 2.32. The van der Waals surface area contributed by atoms with Crippen molar-refractivity contribution < 1.29 is 18.1 Å². The average Bonchev–Trinajstić information content (AvgIpc) is 2.78. The molecule has 156 valence electrons. The Balaban J connectivity index is 1.52. The molecule has 0 unspecified atom stereocenters. The molecule has 0 amide bonds. The van der Waals surface area contributed by atoms with Gasteiger partial charge in [0.2, 0.25) is 10.0 Å². The van der Waals surface area contributed by atoms with Crippen LogP contribution in [0.3, 0.4) is 0 Å². The molecular formula is C20H20N4O5S. The zero-order valence-corrected chi connectivity index (χ0v) is 16.8. The lowest BCUT2D eigenvalue weighted by Crippen LogP contribution is -2.40. The van der Waals surface area contributed by atoms with E-state index >= 15 is 0 Å². The fourth-order valence-electron chi connectivity index (χ4n) is 3.39. The molecule has 4 rings (SSSR count). The molecule has 1 aliphatic heterocycles. The van der Waals surface area contributed by atoms with Crippen LogP contribution in [-0.4, -0.2) is 48.9 Å². The van der Waals surface area contributed by atoms with Gasteiger partial charge in [-0.25, -0.2) is 8.42 Å². The Hall–Kier alpha value is -3.08. The number of morpholine rings is 1. The minimum absolute atomic E-state index is 0.0351. The fraction of sp³-hybridized carbons (Fsp3) is 0.250. The van der Waals surface area contributed by atoms with Gasteiger partial charge >= 0.3 is 5.69 Å². The SMILES string of the molecule is O=[N+]([O-])c1c(NCc2ccc(S(=O)(=O)N3CCOCC3)cc2)ccc2ncccc12. The largest absolute Gasteiger partial charge is 0.379 e. The van der Waals surface area contributed by atoms with E-state index < -0.39 is 14.9 Å². The molecular weight excluding hydrogens is 408 g/mol. The second-order valence-electron chi connectivity index (χ2n) is 6.80. The van der Waals surface area contributed by atoms with Gasteiger partial charge in [0.25, 0.3) is 0 Å². The normalized spacial score (nSPS) is 15.2. The molecule has 0 bridgehead atoms. The predicted molar refractivity (Wildman–Crippen MR) is 112 cm³/mol. The zero-order valence-electron chi connectivity index (χ0n) is 16.0. The third kappa shape index (κ3) is 3.97. The van der Waals surface area contributed by atoms with Gasteiger partial charge in [-0.1, -0.05) is 12.1 Å². The van der Waals surface area contributed by atoms with Gasteiger partial charge in [-0.05, 0) is 42.0 Å². The summed E-state index contributed by atoms with van der Waals surface area (Å²) in [5.41, 5.74) is 1.70. The van der Waals surface area contributed by atoms with Crippen LogP contribution in [0.2, 0.25) is 0 Å². The smallest absolute Gasteiger partial charge is 0.301 e. The maximum atomic E-state index is 12.7. The van der Waals surface area contributed by atoms with E-state index in [1.165, 1.54) is 4.31 Å². The number of fused-ring (bicyclic) bond motifs is 1. The number of nitrogens with zero attached hydrogens (tertiary/aromatic N) is 3. The van der Waals surface area contributed by atoms with E-state index in [1.54, 1.807) is 54.7 Å². The van der Waals surface area contributed by atoms with Gasteiger partial charge in [0.1, 0.15) is 5.69 Å². The first-order valence-corrected chi connectivity index (χ1v) is 10.8. The highest BCUT2D eigenvalue weighted by Gasteiger charge is 2.26. The number of hydrogen-bond acceptors (Lipinski definition) is 7. The number of rotatable bonds is 6. The molecule has 0 atom stereocenters. The molecule has 1 aromatic heterocycles. The van der Waals surface area contributed by atoms with Gasteiger partial charge in [0, 0.05) is 25.8 Å². The lowest BCUT2D eigenvalue weighted by Gasteiger charge is -2.26. The van der Waals surface area contributed by atoms with Crippen LogP contribution in [-0.2, 0) is 21.3 Å². The molecule has 1 N–H and O–H groups in total. The molecule has 1 aliphatic rings. The van der Waals surface area contributed by atoms with Crippen molar-refractivity contribution in [2.75, 3.05) is 31.6 Å². The Kier molecular flexibility index (Phi) is 5.62. The van der Waals surface area contributed by atoms with Crippen LogP contribution in [0, 0.1) is 10.1 Å². The third-order valence-corrected chi connectivity index (χ3v) is 6.87. The first kappa shape index (κ1) is 20.2. The number of pyridine rings is 1. The van der Waals surface area contributed by atoms with E-state index in [9.17, 15) is 18.5 Å². The van der Waals surface area contributed by atoms with Crippen molar-refractivity contribution in [3.63, 3.8) is 0 Å². The summed E-state index contributed by atoms with van der Waals surface area (Å²) in [5.74, 6) is 0. The maximum absolute atomic E-state index is 12.7. The summed E-state index contributed by atoms with van der Waals surface area (Å²) in [7, 11) is -3.55. The van der Waals surface area contributed by atoms with E-state index in [2.05, 4.69) is 10.3 Å². The number of benzene rings is 2. The quantitative estimate of drug-likeness (QED) is 0.474. The van der Waals surface area contributed by atoms with Crippen molar-refractivity contribution in [1.29, 1.82) is 0 Å². The number of nitrogens with one attached hydrogen (secondary N) is 1. The van der Waals surface area contributed by atoms with Gasteiger partial charge < -0.3 is 10.1 Å². The molecule has 2 heterocycles. The van der Waals surface area contributed by atoms with Crippen LogP contribution in [0.1, 0.15) is 5.56 Å².